The molecule has 1 aromatic carbocycles. The number of aromatic nitrogens is 3. The number of benzene rings is 1. The molecule has 20 heavy (non-hydrogen) atoms. The number of nitrogens with zero attached hydrogens (tertiary/aromatic N) is 3. The zero-order chi connectivity index (χ0) is 14.1. The molecule has 0 N–H and O–H groups in total. The molecule has 0 aliphatic heterocycles. The maximum Gasteiger partial charge on any atom is 0.132 e. The highest BCUT2D eigenvalue weighted by atomic mass is 79.9. The monoisotopic (exact) mass is 327 g/mol. The summed E-state index contributed by atoms with van der Waals surface area (Å²) in [6.45, 7) is 4.18. The van der Waals surface area contributed by atoms with Crippen molar-refractivity contribution in [3.63, 3.8) is 0 Å². The Morgan fingerprint density at radius 2 is 1.90 bits per heavy atom. The van der Waals surface area contributed by atoms with Crippen LogP contribution in [0.1, 0.15) is 25.6 Å². The second-order valence-corrected chi connectivity index (χ2v) is 5.81. The largest absolute Gasteiger partial charge is 0.256 e. The fraction of sp³-hybridized carbons (Fsp3) is 0.188. The molecule has 100 valence electrons. The summed E-state index contributed by atoms with van der Waals surface area (Å²) in [7, 11) is 0. The van der Waals surface area contributed by atoms with Gasteiger partial charge in [0.15, 0.2) is 0 Å². The lowest BCUT2D eigenvalue weighted by atomic mass is 10.1. The first-order valence-electron chi connectivity index (χ1n) is 6.53. The van der Waals surface area contributed by atoms with Crippen LogP contribution in [0.25, 0.3) is 22.2 Å². The average molecular weight is 328 g/mol. The first kappa shape index (κ1) is 13.2. The van der Waals surface area contributed by atoms with Gasteiger partial charge in [-0.1, -0.05) is 32.0 Å². The summed E-state index contributed by atoms with van der Waals surface area (Å²) in [4.78, 5) is 13.4. The fourth-order valence-electron chi connectivity index (χ4n) is 2.07. The Hall–Kier alpha value is -1.81. The van der Waals surface area contributed by atoms with Crippen LogP contribution in [0.2, 0.25) is 0 Å². The van der Waals surface area contributed by atoms with Crippen LogP contribution in [0.4, 0.5) is 0 Å². The lowest BCUT2D eigenvalue weighted by Crippen LogP contribution is -1.99. The van der Waals surface area contributed by atoms with E-state index in [4.69, 9.17) is 0 Å². The van der Waals surface area contributed by atoms with Gasteiger partial charge in [0, 0.05) is 23.1 Å². The second-order valence-electron chi connectivity index (χ2n) is 5.00. The standard InChI is InChI=1S/C16H14BrN3/c1-10(2)16-19-14(9-15(17)20-16)12-6-5-11-4-3-7-18-13(11)8-12/h3-10H,1-2H3. The van der Waals surface area contributed by atoms with E-state index in [9.17, 15) is 0 Å². The molecule has 0 saturated carbocycles. The Kier molecular flexibility index (Phi) is 3.49. The van der Waals surface area contributed by atoms with Crippen molar-refractivity contribution in [3.8, 4) is 11.3 Å². The van der Waals surface area contributed by atoms with Crippen LogP contribution in [-0.4, -0.2) is 15.0 Å². The Balaban J connectivity index is 2.15. The molecule has 3 nitrogen and oxygen atoms in total. The van der Waals surface area contributed by atoms with E-state index in [1.54, 1.807) is 0 Å². The molecule has 3 aromatic rings. The quantitative estimate of drug-likeness (QED) is 0.647. The topological polar surface area (TPSA) is 38.7 Å². The van der Waals surface area contributed by atoms with Crippen molar-refractivity contribution in [2.75, 3.05) is 0 Å². The molecule has 3 rings (SSSR count). The summed E-state index contributed by atoms with van der Waals surface area (Å²) in [6.07, 6.45) is 1.81. The van der Waals surface area contributed by atoms with E-state index in [1.165, 1.54) is 0 Å². The first-order valence-corrected chi connectivity index (χ1v) is 7.32. The van der Waals surface area contributed by atoms with E-state index in [1.807, 2.05) is 18.3 Å². The van der Waals surface area contributed by atoms with E-state index in [2.05, 4.69) is 69.0 Å². The molecular formula is C16H14BrN3. The van der Waals surface area contributed by atoms with Crippen LogP contribution in [-0.2, 0) is 0 Å². The van der Waals surface area contributed by atoms with Gasteiger partial charge in [0.05, 0.1) is 11.2 Å². The van der Waals surface area contributed by atoms with Crippen molar-refractivity contribution >= 4 is 26.8 Å². The molecule has 0 aliphatic carbocycles. The van der Waals surface area contributed by atoms with Gasteiger partial charge < -0.3 is 0 Å². The van der Waals surface area contributed by atoms with Gasteiger partial charge in [-0.3, -0.25) is 4.98 Å². The lowest BCUT2D eigenvalue weighted by molar-refractivity contribution is 0.771. The van der Waals surface area contributed by atoms with Crippen molar-refractivity contribution in [1.82, 2.24) is 15.0 Å². The Labute approximate surface area is 126 Å². The van der Waals surface area contributed by atoms with Crippen LogP contribution >= 0.6 is 15.9 Å². The average Bonchev–Trinajstić information content (AvgIpc) is 2.46. The molecule has 4 heteroatoms. The summed E-state index contributed by atoms with van der Waals surface area (Å²) in [5.74, 6) is 1.14. The molecule has 2 aromatic heterocycles. The van der Waals surface area contributed by atoms with Gasteiger partial charge >= 0.3 is 0 Å². The zero-order valence-electron chi connectivity index (χ0n) is 11.3. The van der Waals surface area contributed by atoms with Crippen LogP contribution in [0.3, 0.4) is 0 Å². The SMILES string of the molecule is CC(C)c1nc(Br)cc(-c2ccc3cccnc3c2)n1. The minimum atomic E-state index is 0.296. The van der Waals surface area contributed by atoms with E-state index in [-0.39, 0.29) is 0 Å². The number of fused-ring (bicyclic) bond motifs is 1. The minimum Gasteiger partial charge on any atom is -0.256 e. The highest BCUT2D eigenvalue weighted by molar-refractivity contribution is 9.10. The molecule has 0 atom stereocenters. The third-order valence-electron chi connectivity index (χ3n) is 3.13. The molecule has 0 spiro atoms. The van der Waals surface area contributed by atoms with E-state index >= 15 is 0 Å². The molecule has 0 aliphatic rings. The Morgan fingerprint density at radius 1 is 1.05 bits per heavy atom. The summed E-state index contributed by atoms with van der Waals surface area (Å²) in [5.41, 5.74) is 2.95. The maximum absolute atomic E-state index is 4.64. The van der Waals surface area contributed by atoms with Gasteiger partial charge in [-0.15, -0.1) is 0 Å². The van der Waals surface area contributed by atoms with Gasteiger partial charge in [-0.2, -0.15) is 0 Å². The lowest BCUT2D eigenvalue weighted by Gasteiger charge is -2.08. The molecule has 0 bridgehead atoms. The number of rotatable bonds is 2. The molecule has 2 heterocycles. The number of halogens is 1. The number of pyridine rings is 1. The van der Waals surface area contributed by atoms with Crippen molar-refractivity contribution in [3.05, 3.63) is 53.0 Å². The van der Waals surface area contributed by atoms with Crippen molar-refractivity contribution in [2.24, 2.45) is 0 Å². The third-order valence-corrected chi connectivity index (χ3v) is 3.54. The molecule has 0 amide bonds. The predicted octanol–water partition coefficient (Wildman–Crippen LogP) is 4.58. The van der Waals surface area contributed by atoms with E-state index in [0.717, 1.165) is 32.6 Å². The molecule has 0 radical (unpaired) electrons. The van der Waals surface area contributed by atoms with Crippen molar-refractivity contribution in [1.29, 1.82) is 0 Å². The van der Waals surface area contributed by atoms with Gasteiger partial charge in [-0.05, 0) is 34.1 Å². The van der Waals surface area contributed by atoms with Gasteiger partial charge in [0.2, 0.25) is 0 Å². The summed E-state index contributed by atoms with van der Waals surface area (Å²) < 4.78 is 0.812. The summed E-state index contributed by atoms with van der Waals surface area (Å²) >= 11 is 3.46. The molecular weight excluding hydrogens is 314 g/mol. The predicted molar refractivity (Wildman–Crippen MR) is 84.6 cm³/mol. The normalized spacial score (nSPS) is 11.2. The highest BCUT2D eigenvalue weighted by Crippen LogP contribution is 2.25. The highest BCUT2D eigenvalue weighted by Gasteiger charge is 2.09. The maximum atomic E-state index is 4.64. The summed E-state index contributed by atoms with van der Waals surface area (Å²) in [5, 5.41) is 1.13. The van der Waals surface area contributed by atoms with Crippen molar-refractivity contribution in [2.45, 2.75) is 19.8 Å². The molecule has 0 saturated heterocycles. The van der Waals surface area contributed by atoms with Gasteiger partial charge in [0.1, 0.15) is 10.4 Å². The zero-order valence-corrected chi connectivity index (χ0v) is 12.9. The van der Waals surface area contributed by atoms with Gasteiger partial charge in [0.25, 0.3) is 0 Å². The first-order chi connectivity index (χ1) is 9.63. The third kappa shape index (κ3) is 2.56. The van der Waals surface area contributed by atoms with Crippen LogP contribution in [0.5, 0.6) is 0 Å². The minimum absolute atomic E-state index is 0.296. The van der Waals surface area contributed by atoms with Crippen LogP contribution < -0.4 is 0 Å². The Morgan fingerprint density at radius 3 is 2.70 bits per heavy atom. The van der Waals surface area contributed by atoms with Crippen LogP contribution in [0, 0.1) is 0 Å². The number of hydrogen-bond acceptors (Lipinski definition) is 3. The van der Waals surface area contributed by atoms with Gasteiger partial charge in [-0.25, -0.2) is 9.97 Å². The Bertz CT molecular complexity index is 769. The van der Waals surface area contributed by atoms with Crippen LogP contribution in [0.15, 0.2) is 47.2 Å². The second kappa shape index (κ2) is 5.29. The van der Waals surface area contributed by atoms with E-state index in [0.29, 0.717) is 5.92 Å². The molecule has 0 unspecified atom stereocenters. The smallest absolute Gasteiger partial charge is 0.132 e. The van der Waals surface area contributed by atoms with Crippen molar-refractivity contribution < 1.29 is 0 Å². The number of hydrogen-bond donors (Lipinski definition) is 0. The summed E-state index contributed by atoms with van der Waals surface area (Å²) in [6, 6.07) is 12.2. The van der Waals surface area contributed by atoms with E-state index < -0.39 is 0 Å². The molecule has 0 fully saturated rings. The fourth-order valence-corrected chi connectivity index (χ4v) is 2.47.